The van der Waals surface area contributed by atoms with Gasteiger partial charge in [-0.3, -0.25) is 0 Å². The van der Waals surface area contributed by atoms with Crippen molar-refractivity contribution in [2.24, 2.45) is 0 Å². The first-order chi connectivity index (χ1) is 12.3. The van der Waals surface area contributed by atoms with Gasteiger partial charge in [0, 0.05) is 6.42 Å². The molecule has 0 aliphatic carbocycles. The van der Waals surface area contributed by atoms with Crippen LogP contribution in [0.4, 0.5) is 0 Å². The summed E-state index contributed by atoms with van der Waals surface area (Å²) >= 11 is 0. The summed E-state index contributed by atoms with van der Waals surface area (Å²) in [5, 5.41) is 0. The number of hydrogen-bond acceptors (Lipinski definition) is 0. The molecule has 0 aromatic carbocycles. The molecule has 0 amide bonds. The Morgan fingerprint density at radius 2 is 1.15 bits per heavy atom. The molecule has 26 heavy (non-hydrogen) atoms. The molecule has 0 saturated heterocycles. The number of rotatable bonds is 17. The number of halogens is 1. The minimum Gasteiger partial charge on any atom is -1.00 e. The highest BCUT2D eigenvalue weighted by molar-refractivity contribution is 4.82. The molecule has 2 nitrogen and oxygen atoms in total. The summed E-state index contributed by atoms with van der Waals surface area (Å²) < 4.78 is 4.84. The summed E-state index contributed by atoms with van der Waals surface area (Å²) in [4.78, 5) is 0. The Kier molecular flexibility index (Phi) is 17.5. The van der Waals surface area contributed by atoms with Crippen molar-refractivity contribution in [3.05, 3.63) is 18.2 Å². The van der Waals surface area contributed by atoms with Crippen molar-refractivity contribution in [3.63, 3.8) is 0 Å². The molecule has 1 heterocycles. The summed E-state index contributed by atoms with van der Waals surface area (Å²) in [6, 6.07) is 0. The SMILES string of the molecule is CCCCCCCCCCCCCCCC[n+]1ccn(CC)c1CC.[Cl-]. The average Bonchev–Trinajstić information content (AvgIpc) is 3.04. The summed E-state index contributed by atoms with van der Waals surface area (Å²) in [6.45, 7) is 9.09. The minimum absolute atomic E-state index is 0. The van der Waals surface area contributed by atoms with Crippen molar-refractivity contribution in [3.8, 4) is 0 Å². The molecule has 0 fully saturated rings. The van der Waals surface area contributed by atoms with Gasteiger partial charge in [0.05, 0.1) is 13.1 Å². The monoisotopic (exact) mass is 384 g/mol. The molecule has 1 rings (SSSR count). The molecule has 1 aromatic heterocycles. The smallest absolute Gasteiger partial charge is 0.256 e. The van der Waals surface area contributed by atoms with Crippen LogP contribution in [0.15, 0.2) is 12.4 Å². The van der Waals surface area contributed by atoms with Crippen molar-refractivity contribution >= 4 is 0 Å². The van der Waals surface area contributed by atoms with Crippen molar-refractivity contribution in [2.75, 3.05) is 0 Å². The lowest BCUT2D eigenvalue weighted by atomic mass is 10.0. The third-order valence-electron chi connectivity index (χ3n) is 5.50. The van der Waals surface area contributed by atoms with Gasteiger partial charge in [0.2, 0.25) is 0 Å². The molecule has 0 aliphatic rings. The van der Waals surface area contributed by atoms with E-state index in [9.17, 15) is 0 Å². The van der Waals surface area contributed by atoms with Gasteiger partial charge < -0.3 is 12.4 Å². The third kappa shape index (κ3) is 11.3. The van der Waals surface area contributed by atoms with Crippen molar-refractivity contribution in [2.45, 2.75) is 130 Å². The van der Waals surface area contributed by atoms with E-state index in [0.29, 0.717) is 0 Å². The van der Waals surface area contributed by atoms with Crippen LogP contribution in [0.5, 0.6) is 0 Å². The van der Waals surface area contributed by atoms with Gasteiger partial charge in [-0.25, -0.2) is 9.13 Å². The van der Waals surface area contributed by atoms with Gasteiger partial charge in [-0.2, -0.15) is 0 Å². The Morgan fingerprint density at radius 3 is 1.58 bits per heavy atom. The Bertz CT molecular complexity index is 414. The van der Waals surface area contributed by atoms with Crippen LogP contribution in [0.2, 0.25) is 0 Å². The van der Waals surface area contributed by atoms with E-state index in [1.165, 1.54) is 102 Å². The zero-order valence-electron chi connectivity index (χ0n) is 17.9. The van der Waals surface area contributed by atoms with Gasteiger partial charge in [0.1, 0.15) is 12.4 Å². The van der Waals surface area contributed by atoms with Crippen molar-refractivity contribution in [1.29, 1.82) is 0 Å². The molecule has 1 aromatic rings. The van der Waals surface area contributed by atoms with Crippen LogP contribution >= 0.6 is 0 Å². The zero-order valence-corrected chi connectivity index (χ0v) is 18.7. The Hall–Kier alpha value is -0.500. The summed E-state index contributed by atoms with van der Waals surface area (Å²) in [6.07, 6.45) is 25.8. The van der Waals surface area contributed by atoms with Crippen LogP contribution in [0, 0.1) is 0 Å². The van der Waals surface area contributed by atoms with Crippen LogP contribution in [0.1, 0.15) is 116 Å². The molecule has 0 atom stereocenters. The van der Waals surface area contributed by atoms with Crippen molar-refractivity contribution < 1.29 is 17.0 Å². The van der Waals surface area contributed by atoms with Crippen LogP contribution in [0.3, 0.4) is 0 Å². The standard InChI is InChI=1S/C23H45N2.ClH/c1-4-7-8-9-10-11-12-13-14-15-16-17-18-19-20-25-22-21-24(6-3)23(25)5-2;/h21-22H,4-20H2,1-3H3;1H/q+1;/p-1. The Morgan fingerprint density at radius 1 is 0.692 bits per heavy atom. The molecule has 0 unspecified atom stereocenters. The molecule has 0 saturated carbocycles. The maximum atomic E-state index is 2.46. The minimum atomic E-state index is 0. The quantitative estimate of drug-likeness (QED) is 0.285. The fourth-order valence-corrected chi connectivity index (χ4v) is 3.87. The second-order valence-corrected chi connectivity index (χ2v) is 7.64. The topological polar surface area (TPSA) is 8.81 Å². The third-order valence-corrected chi connectivity index (χ3v) is 5.50. The lowest BCUT2D eigenvalue weighted by molar-refractivity contribution is -0.704. The molecule has 3 heteroatoms. The predicted octanol–water partition coefficient (Wildman–Crippen LogP) is 3.84. The number of aryl methyl sites for hydroxylation is 2. The lowest BCUT2D eigenvalue weighted by Gasteiger charge is -2.04. The maximum absolute atomic E-state index is 2.46. The predicted molar refractivity (Wildman–Crippen MR) is 110 cm³/mol. The van der Waals surface area contributed by atoms with Gasteiger partial charge in [-0.1, -0.05) is 90.9 Å². The maximum Gasteiger partial charge on any atom is 0.256 e. The fraction of sp³-hybridized carbons (Fsp3) is 0.870. The van der Waals surface area contributed by atoms with E-state index in [1.54, 1.807) is 0 Å². The number of nitrogens with zero attached hydrogens (tertiary/aromatic N) is 2. The largest absolute Gasteiger partial charge is 1.00 e. The van der Waals surface area contributed by atoms with E-state index in [4.69, 9.17) is 0 Å². The fourth-order valence-electron chi connectivity index (χ4n) is 3.87. The average molecular weight is 385 g/mol. The van der Waals surface area contributed by atoms with E-state index in [1.807, 2.05) is 0 Å². The highest BCUT2D eigenvalue weighted by Crippen LogP contribution is 2.13. The van der Waals surface area contributed by atoms with Gasteiger partial charge in [-0.05, 0) is 19.8 Å². The van der Waals surface area contributed by atoms with Crippen molar-refractivity contribution in [1.82, 2.24) is 4.57 Å². The molecule has 0 spiro atoms. The molecule has 0 radical (unpaired) electrons. The van der Waals surface area contributed by atoms with Crippen LogP contribution < -0.4 is 17.0 Å². The Balaban J connectivity index is 0.00000625. The summed E-state index contributed by atoms with van der Waals surface area (Å²) in [5.74, 6) is 1.48. The van der Waals surface area contributed by atoms with Gasteiger partial charge in [0.15, 0.2) is 0 Å². The highest BCUT2D eigenvalue weighted by atomic mass is 35.5. The van der Waals surface area contributed by atoms with Gasteiger partial charge in [0.25, 0.3) is 5.82 Å². The van der Waals surface area contributed by atoms with Crippen LogP contribution in [0.25, 0.3) is 0 Å². The van der Waals surface area contributed by atoms with E-state index in [-0.39, 0.29) is 12.4 Å². The summed E-state index contributed by atoms with van der Waals surface area (Å²) in [5.41, 5.74) is 0. The second-order valence-electron chi connectivity index (χ2n) is 7.64. The molecule has 154 valence electrons. The van der Waals surface area contributed by atoms with E-state index < -0.39 is 0 Å². The van der Waals surface area contributed by atoms with Crippen LogP contribution in [-0.4, -0.2) is 4.57 Å². The number of hydrogen-bond donors (Lipinski definition) is 0. The Labute approximate surface area is 170 Å². The highest BCUT2D eigenvalue weighted by Gasteiger charge is 2.12. The van der Waals surface area contributed by atoms with Gasteiger partial charge >= 0.3 is 0 Å². The first-order valence-corrected chi connectivity index (χ1v) is 11.4. The molecule has 0 N–H and O–H groups in total. The molecular weight excluding hydrogens is 340 g/mol. The zero-order chi connectivity index (χ0) is 18.2. The first kappa shape index (κ1) is 25.5. The molecule has 0 aliphatic heterocycles. The van der Waals surface area contributed by atoms with E-state index in [0.717, 1.165) is 13.0 Å². The van der Waals surface area contributed by atoms with E-state index >= 15 is 0 Å². The normalized spacial score (nSPS) is 10.9. The molecule has 0 bridgehead atoms. The van der Waals surface area contributed by atoms with Crippen LogP contribution in [-0.2, 0) is 19.5 Å². The first-order valence-electron chi connectivity index (χ1n) is 11.4. The van der Waals surface area contributed by atoms with E-state index in [2.05, 4.69) is 42.3 Å². The summed E-state index contributed by atoms with van der Waals surface area (Å²) in [7, 11) is 0. The second kappa shape index (κ2) is 17.9. The lowest BCUT2D eigenvalue weighted by Crippen LogP contribution is -3.00. The number of aromatic nitrogens is 2. The number of imidazole rings is 1. The van der Waals surface area contributed by atoms with Gasteiger partial charge in [-0.15, -0.1) is 0 Å². The number of unbranched alkanes of at least 4 members (excludes halogenated alkanes) is 13. The molecular formula is C23H45ClN2.